The smallest absolute Gasteiger partial charge is 0.306 e. The van der Waals surface area contributed by atoms with Crippen LogP contribution in [0.2, 0.25) is 0 Å². The molecule has 0 aromatic heterocycles. The zero-order chi connectivity index (χ0) is 55.0. The summed E-state index contributed by atoms with van der Waals surface area (Å²) < 4.78 is 16.9. The Balaban J connectivity index is 4.15. The van der Waals surface area contributed by atoms with E-state index in [1.54, 1.807) is 0 Å². The molecule has 0 spiro atoms. The average Bonchev–Trinajstić information content (AvgIpc) is 3.42. The summed E-state index contributed by atoms with van der Waals surface area (Å²) in [7, 11) is 0. The topological polar surface area (TPSA) is 78.9 Å². The van der Waals surface area contributed by atoms with Gasteiger partial charge in [0.1, 0.15) is 13.2 Å². The van der Waals surface area contributed by atoms with Crippen LogP contribution in [0.4, 0.5) is 0 Å². The minimum Gasteiger partial charge on any atom is -0.462 e. The van der Waals surface area contributed by atoms with Crippen LogP contribution >= 0.6 is 0 Å². The number of hydrogen-bond donors (Lipinski definition) is 0. The molecule has 1 atom stereocenters. The molecule has 0 heterocycles. The summed E-state index contributed by atoms with van der Waals surface area (Å²) in [6.07, 6.45) is 84.7. The molecule has 0 N–H and O–H groups in total. The lowest BCUT2D eigenvalue weighted by Gasteiger charge is -2.18. The number of hydrogen-bond acceptors (Lipinski definition) is 6. The molecule has 0 saturated heterocycles. The Labute approximate surface area is 471 Å². The van der Waals surface area contributed by atoms with Crippen LogP contribution in [0.3, 0.4) is 0 Å². The van der Waals surface area contributed by atoms with E-state index in [2.05, 4.69) is 106 Å². The molecule has 0 fully saturated rings. The van der Waals surface area contributed by atoms with Gasteiger partial charge in [-0.3, -0.25) is 14.4 Å². The Kier molecular flexibility index (Phi) is 61.2. The maximum Gasteiger partial charge on any atom is 0.306 e. The van der Waals surface area contributed by atoms with Crippen molar-refractivity contribution in [3.63, 3.8) is 0 Å². The van der Waals surface area contributed by atoms with Gasteiger partial charge in [-0.25, -0.2) is 0 Å². The molecule has 0 amide bonds. The normalized spacial score (nSPS) is 12.6. The second-order valence-electron chi connectivity index (χ2n) is 21.6. The lowest BCUT2D eigenvalue weighted by molar-refractivity contribution is -0.167. The van der Waals surface area contributed by atoms with Crippen LogP contribution in [-0.2, 0) is 28.6 Å². The molecule has 0 rings (SSSR count). The van der Waals surface area contributed by atoms with Crippen molar-refractivity contribution in [2.75, 3.05) is 13.2 Å². The summed E-state index contributed by atoms with van der Waals surface area (Å²) in [4.78, 5) is 38.1. The standard InChI is InChI=1S/C70H122O6/c1-4-7-10-13-16-19-21-23-25-27-29-31-32-33-34-35-36-37-38-40-41-43-45-47-49-51-54-57-60-63-69(72)75-66-67(65-74-68(71)62-59-56-53-18-15-12-9-6-3)76-70(73)64-61-58-55-52-50-48-46-44-42-39-30-28-26-24-22-20-17-14-11-8-5-2/h8,11,17,20-21,23-24,26-27,29-30,39,44,46,67H,4-7,9-10,12-16,18-19,22,25,28,31-38,40-43,45,47-66H2,1-3H3/b11-8-,20-17-,23-21-,26-24-,29-27-,39-30-,46-44-. The van der Waals surface area contributed by atoms with E-state index < -0.39 is 6.10 Å². The highest BCUT2D eigenvalue weighted by Crippen LogP contribution is 2.17. The molecular formula is C70H122O6. The quantitative estimate of drug-likeness (QED) is 0.0261. The van der Waals surface area contributed by atoms with E-state index in [1.165, 1.54) is 167 Å². The predicted molar refractivity (Wildman–Crippen MR) is 330 cm³/mol. The van der Waals surface area contributed by atoms with Crippen molar-refractivity contribution < 1.29 is 28.6 Å². The summed E-state index contributed by atoms with van der Waals surface area (Å²) in [6, 6.07) is 0. The van der Waals surface area contributed by atoms with E-state index in [0.29, 0.717) is 19.3 Å². The second-order valence-corrected chi connectivity index (χ2v) is 21.6. The SMILES string of the molecule is CC/C=C\C/C=C\C/C=C\C/C=C\C/C=C\CCCCCCCC(=O)OC(COC(=O)CCCCCCCCCC)COC(=O)CCCCCCCCCCCCCCCCCCC/C=C\C/C=C\CCCCCCC. The van der Waals surface area contributed by atoms with Crippen molar-refractivity contribution in [1.29, 1.82) is 0 Å². The fourth-order valence-corrected chi connectivity index (χ4v) is 9.27. The van der Waals surface area contributed by atoms with Crippen molar-refractivity contribution in [3.05, 3.63) is 85.1 Å². The van der Waals surface area contributed by atoms with Crippen molar-refractivity contribution in [2.45, 2.75) is 329 Å². The fraction of sp³-hybridized carbons (Fsp3) is 0.757. The molecule has 6 nitrogen and oxygen atoms in total. The first-order valence-corrected chi connectivity index (χ1v) is 32.6. The molecule has 0 bridgehead atoms. The zero-order valence-corrected chi connectivity index (χ0v) is 50.3. The van der Waals surface area contributed by atoms with Crippen LogP contribution in [0, 0.1) is 0 Å². The van der Waals surface area contributed by atoms with Gasteiger partial charge in [-0.2, -0.15) is 0 Å². The summed E-state index contributed by atoms with van der Waals surface area (Å²) in [5.74, 6) is -0.893. The monoisotopic (exact) mass is 1060 g/mol. The third-order valence-corrected chi connectivity index (χ3v) is 14.1. The van der Waals surface area contributed by atoms with Crippen molar-refractivity contribution in [2.24, 2.45) is 0 Å². The minimum atomic E-state index is -0.784. The molecule has 76 heavy (non-hydrogen) atoms. The molecule has 0 aliphatic rings. The van der Waals surface area contributed by atoms with Gasteiger partial charge in [-0.15, -0.1) is 0 Å². The Hall–Kier alpha value is -3.41. The van der Waals surface area contributed by atoms with Gasteiger partial charge in [-0.05, 0) is 96.3 Å². The van der Waals surface area contributed by atoms with E-state index in [1.807, 2.05) is 0 Å². The van der Waals surface area contributed by atoms with Crippen LogP contribution in [-0.4, -0.2) is 37.2 Å². The molecule has 1 unspecified atom stereocenters. The number of carbonyl (C=O) groups is 3. The van der Waals surface area contributed by atoms with Crippen LogP contribution < -0.4 is 0 Å². The van der Waals surface area contributed by atoms with Crippen molar-refractivity contribution in [1.82, 2.24) is 0 Å². The molecule has 0 aliphatic carbocycles. The molecule has 438 valence electrons. The highest BCUT2D eigenvalue weighted by atomic mass is 16.6. The Morgan fingerprint density at radius 2 is 0.513 bits per heavy atom. The number of unbranched alkanes of at least 4 members (excludes halogenated alkanes) is 34. The number of allylic oxidation sites excluding steroid dienone is 14. The number of ether oxygens (including phenoxy) is 3. The van der Waals surface area contributed by atoms with Crippen molar-refractivity contribution in [3.8, 4) is 0 Å². The van der Waals surface area contributed by atoms with E-state index >= 15 is 0 Å². The Morgan fingerprint density at radius 3 is 0.803 bits per heavy atom. The highest BCUT2D eigenvalue weighted by Gasteiger charge is 2.19. The highest BCUT2D eigenvalue weighted by molar-refractivity contribution is 5.71. The minimum absolute atomic E-state index is 0.0816. The predicted octanol–water partition coefficient (Wildman–Crippen LogP) is 22.3. The van der Waals surface area contributed by atoms with Gasteiger partial charge in [0.2, 0.25) is 0 Å². The first-order chi connectivity index (χ1) is 37.5. The molecule has 0 radical (unpaired) electrons. The maximum atomic E-state index is 12.9. The zero-order valence-electron chi connectivity index (χ0n) is 50.3. The number of carbonyl (C=O) groups excluding carboxylic acids is 3. The van der Waals surface area contributed by atoms with Crippen LogP contribution in [0.1, 0.15) is 323 Å². The summed E-state index contributed by atoms with van der Waals surface area (Å²) in [5, 5.41) is 0. The van der Waals surface area contributed by atoms with E-state index in [4.69, 9.17) is 14.2 Å². The van der Waals surface area contributed by atoms with Crippen LogP contribution in [0.15, 0.2) is 85.1 Å². The Morgan fingerprint density at radius 1 is 0.276 bits per heavy atom. The van der Waals surface area contributed by atoms with Gasteiger partial charge < -0.3 is 14.2 Å². The lowest BCUT2D eigenvalue weighted by atomic mass is 10.0. The Bertz CT molecular complexity index is 1450. The van der Waals surface area contributed by atoms with Gasteiger partial charge in [-0.1, -0.05) is 292 Å². The van der Waals surface area contributed by atoms with E-state index in [9.17, 15) is 14.4 Å². The first kappa shape index (κ1) is 72.6. The van der Waals surface area contributed by atoms with E-state index in [0.717, 1.165) is 116 Å². The summed E-state index contributed by atoms with van der Waals surface area (Å²) in [6.45, 7) is 6.50. The average molecular weight is 1060 g/mol. The van der Waals surface area contributed by atoms with Crippen LogP contribution in [0.5, 0.6) is 0 Å². The van der Waals surface area contributed by atoms with Crippen LogP contribution in [0.25, 0.3) is 0 Å². The third kappa shape index (κ3) is 61.4. The molecule has 6 heteroatoms. The number of esters is 3. The molecule has 0 aromatic carbocycles. The molecule has 0 saturated carbocycles. The first-order valence-electron chi connectivity index (χ1n) is 32.6. The largest absolute Gasteiger partial charge is 0.462 e. The lowest BCUT2D eigenvalue weighted by Crippen LogP contribution is -2.30. The van der Waals surface area contributed by atoms with Gasteiger partial charge >= 0.3 is 17.9 Å². The molecule has 0 aromatic rings. The fourth-order valence-electron chi connectivity index (χ4n) is 9.27. The molecule has 0 aliphatic heterocycles. The van der Waals surface area contributed by atoms with E-state index in [-0.39, 0.29) is 31.1 Å². The molecular weight excluding hydrogens is 937 g/mol. The van der Waals surface area contributed by atoms with Gasteiger partial charge in [0.25, 0.3) is 0 Å². The van der Waals surface area contributed by atoms with Gasteiger partial charge in [0.05, 0.1) is 0 Å². The second kappa shape index (κ2) is 64.1. The van der Waals surface area contributed by atoms with Crippen molar-refractivity contribution >= 4 is 17.9 Å². The summed E-state index contributed by atoms with van der Waals surface area (Å²) >= 11 is 0. The maximum absolute atomic E-state index is 12.9. The van der Waals surface area contributed by atoms with Gasteiger partial charge in [0, 0.05) is 19.3 Å². The summed E-state index contributed by atoms with van der Waals surface area (Å²) in [5.41, 5.74) is 0. The number of rotatable bonds is 59. The third-order valence-electron chi connectivity index (χ3n) is 14.1. The van der Waals surface area contributed by atoms with Gasteiger partial charge in [0.15, 0.2) is 6.10 Å².